The monoisotopic (exact) mass is 376 g/mol. The quantitative estimate of drug-likeness (QED) is 0.229. The van der Waals surface area contributed by atoms with E-state index in [9.17, 15) is 25.2 Å². The molecular weight excluding hydrogens is 357 g/mol. The molecule has 0 nitrogen and oxygen atoms in total. The summed E-state index contributed by atoms with van der Waals surface area (Å²) < 4.78 is 59.2. The van der Waals surface area contributed by atoms with Gasteiger partial charge in [-0.05, 0) is 54.6 Å². The summed E-state index contributed by atoms with van der Waals surface area (Å²) in [6.45, 7) is 0. The van der Waals surface area contributed by atoms with E-state index in [2.05, 4.69) is 55.1 Å². The second-order valence-corrected chi connectivity index (χ2v) is 7.57. The van der Waals surface area contributed by atoms with Crippen molar-refractivity contribution in [3.05, 3.63) is 48.0 Å². The average molecular weight is 376 g/mol. The maximum absolute atomic E-state index is 10.7. The predicted octanol–water partition coefficient (Wildman–Crippen LogP) is 6.95. The first-order chi connectivity index (χ1) is 10.4. The Bertz CT molecular complexity index is 622. The van der Waals surface area contributed by atoms with Crippen LogP contribution >= 0.6 is 7.81 Å². The van der Waals surface area contributed by atoms with Crippen molar-refractivity contribution in [2.75, 3.05) is 5.75 Å². The van der Waals surface area contributed by atoms with Crippen LogP contribution in [0.4, 0.5) is 25.2 Å². The molecule has 2 rings (SSSR count). The molecule has 0 heterocycles. The van der Waals surface area contributed by atoms with Crippen molar-refractivity contribution < 1.29 is 25.2 Å². The fraction of sp³-hybridized carbons (Fsp3) is 0.333. The maximum Gasteiger partial charge on any atom is 0.103 e. The van der Waals surface area contributed by atoms with Gasteiger partial charge in [-0.1, -0.05) is 42.5 Å². The molecule has 2 aromatic rings. The van der Waals surface area contributed by atoms with Gasteiger partial charge in [0.25, 0.3) is 0 Å². The van der Waals surface area contributed by atoms with Crippen LogP contribution in [0, 0.1) is 0 Å². The summed E-state index contributed by atoms with van der Waals surface area (Å²) in [6.07, 6.45) is 5.08. The van der Waals surface area contributed by atoms with Gasteiger partial charge >= 0.3 is 33.0 Å². The molecule has 0 N–H and O–H groups in total. The Labute approximate surface area is 136 Å². The first-order valence-corrected chi connectivity index (χ1v) is 9.78. The zero-order valence-corrected chi connectivity index (χ0v) is 14.2. The molecule has 0 saturated heterocycles. The third-order valence-electron chi connectivity index (χ3n) is 3.00. The van der Waals surface area contributed by atoms with Gasteiger partial charge in [-0.3, -0.25) is 0 Å². The number of hydrogen-bond acceptors (Lipinski definition) is 0. The minimum atomic E-state index is -10.7. The number of unbranched alkanes of at least 4 members (excludes halogenated alkanes) is 2. The van der Waals surface area contributed by atoms with Crippen molar-refractivity contribution in [1.29, 1.82) is 0 Å². The standard InChI is InChI=1S/C15H18S.F6P/c16-12-5-1-2-7-13-9-6-10-14-8-3-4-11-15(13)14;1-7(2,3,4,5)6/h3-4,6,8-11,16H,1-2,5,7,12H2;/q;-1/p+1. The Morgan fingerprint density at radius 2 is 1.30 bits per heavy atom. The second-order valence-electron chi connectivity index (χ2n) is 5.16. The van der Waals surface area contributed by atoms with Gasteiger partial charge in [0, 0.05) is 0 Å². The van der Waals surface area contributed by atoms with Gasteiger partial charge in [-0.2, -0.15) is 0 Å². The van der Waals surface area contributed by atoms with Crippen LogP contribution in [-0.4, -0.2) is 5.75 Å². The molecule has 0 aromatic heterocycles. The third-order valence-corrected chi connectivity index (χ3v) is 3.36. The molecule has 0 aliphatic rings. The molecule has 0 aliphatic heterocycles. The van der Waals surface area contributed by atoms with Gasteiger partial charge in [0.05, 0.1) is 0 Å². The number of rotatable bonds is 5. The Morgan fingerprint density at radius 3 is 1.91 bits per heavy atom. The predicted molar refractivity (Wildman–Crippen MR) is 90.1 cm³/mol. The van der Waals surface area contributed by atoms with Gasteiger partial charge in [0.1, 0.15) is 5.75 Å². The minimum absolute atomic E-state index is 1.12. The fourth-order valence-electron chi connectivity index (χ4n) is 2.13. The summed E-state index contributed by atoms with van der Waals surface area (Å²) in [5.41, 5.74) is 1.49. The van der Waals surface area contributed by atoms with E-state index in [-0.39, 0.29) is 0 Å². The van der Waals surface area contributed by atoms with Gasteiger partial charge < -0.3 is 0 Å². The molecule has 0 fully saturated rings. The van der Waals surface area contributed by atoms with Crippen molar-refractivity contribution >= 4 is 31.2 Å². The molecule has 0 amide bonds. The summed E-state index contributed by atoms with van der Waals surface area (Å²) in [5.74, 6) is 1.12. The van der Waals surface area contributed by atoms with Crippen molar-refractivity contribution in [3.8, 4) is 0 Å². The first-order valence-electron chi connectivity index (χ1n) is 7.04. The molecule has 0 saturated carbocycles. The Hall–Kier alpha value is -0.940. The molecule has 0 bridgehead atoms. The van der Waals surface area contributed by atoms with Crippen LogP contribution in [-0.2, 0) is 19.0 Å². The van der Waals surface area contributed by atoms with Gasteiger partial charge in [-0.25, -0.2) is 0 Å². The molecule has 0 unspecified atom stereocenters. The SMILES string of the molecule is F[P-](F)(F)(F)(F)F.[SH2+]CCCCCc1cccc2ccccc12. The van der Waals surface area contributed by atoms with Crippen molar-refractivity contribution in [1.82, 2.24) is 0 Å². The molecule has 132 valence electrons. The van der Waals surface area contributed by atoms with Gasteiger partial charge in [0.15, 0.2) is 0 Å². The van der Waals surface area contributed by atoms with E-state index < -0.39 is 7.81 Å². The van der Waals surface area contributed by atoms with Crippen LogP contribution in [0.25, 0.3) is 10.8 Å². The molecule has 23 heavy (non-hydrogen) atoms. The fourth-order valence-corrected chi connectivity index (χ4v) is 2.38. The summed E-state index contributed by atoms with van der Waals surface area (Å²) in [5, 5.41) is 2.78. The zero-order valence-electron chi connectivity index (χ0n) is 12.3. The minimum Gasteiger partial charge on any atom is -0.0616 e. The van der Waals surface area contributed by atoms with Crippen LogP contribution in [0.5, 0.6) is 0 Å². The van der Waals surface area contributed by atoms with Crippen molar-refractivity contribution in [3.63, 3.8) is 0 Å². The molecule has 0 radical (unpaired) electrons. The second kappa shape index (κ2) is 6.89. The number of benzene rings is 2. The van der Waals surface area contributed by atoms with E-state index in [1.807, 2.05) is 0 Å². The summed E-state index contributed by atoms with van der Waals surface area (Å²) in [7, 11) is -10.7. The van der Waals surface area contributed by atoms with Crippen molar-refractivity contribution in [2.45, 2.75) is 25.7 Å². The van der Waals surface area contributed by atoms with Crippen LogP contribution in [0.3, 0.4) is 0 Å². The van der Waals surface area contributed by atoms with E-state index in [4.69, 9.17) is 0 Å². The van der Waals surface area contributed by atoms with E-state index >= 15 is 0 Å². The molecule has 0 atom stereocenters. The van der Waals surface area contributed by atoms with Crippen LogP contribution < -0.4 is 0 Å². The molecule has 0 spiro atoms. The summed E-state index contributed by atoms with van der Waals surface area (Å²) >= 11 is 3.52. The molecule has 8 heteroatoms. The van der Waals surface area contributed by atoms with Crippen LogP contribution in [0.1, 0.15) is 24.8 Å². The Balaban J connectivity index is 0.000000322. The van der Waals surface area contributed by atoms with E-state index in [1.54, 1.807) is 0 Å². The number of fused-ring (bicyclic) bond motifs is 1. The molecular formula is C15H19F6PS. The van der Waals surface area contributed by atoms with E-state index in [0.29, 0.717) is 0 Å². The topological polar surface area (TPSA) is 0 Å². The normalized spacial score (nSPS) is 14.6. The maximum atomic E-state index is 9.87. The number of hydrogen-bond donors (Lipinski definition) is 0. The largest absolute Gasteiger partial charge is 0.103 e. The van der Waals surface area contributed by atoms with E-state index in [0.717, 1.165) is 5.75 Å². The van der Waals surface area contributed by atoms with E-state index in [1.165, 1.54) is 42.0 Å². The molecule has 0 aliphatic carbocycles. The smallest absolute Gasteiger partial charge is 0.0616 e. The number of aryl methyl sites for hydroxylation is 1. The van der Waals surface area contributed by atoms with Gasteiger partial charge in [0.2, 0.25) is 0 Å². The Kier molecular flexibility index (Phi) is 6.03. The van der Waals surface area contributed by atoms with Crippen LogP contribution in [0.15, 0.2) is 42.5 Å². The Morgan fingerprint density at radius 1 is 0.739 bits per heavy atom. The average Bonchev–Trinajstić information content (AvgIpc) is 2.40. The first kappa shape index (κ1) is 20.1. The van der Waals surface area contributed by atoms with Gasteiger partial charge in [-0.15, -0.1) is 0 Å². The van der Waals surface area contributed by atoms with Crippen molar-refractivity contribution in [2.24, 2.45) is 0 Å². The zero-order chi connectivity index (χ0) is 17.6. The summed E-state index contributed by atoms with van der Waals surface area (Å²) in [6, 6.07) is 15.3. The van der Waals surface area contributed by atoms with Crippen LogP contribution in [0.2, 0.25) is 0 Å². The molecule has 2 aromatic carbocycles. The number of halogens is 6. The third kappa shape index (κ3) is 11.3. The summed E-state index contributed by atoms with van der Waals surface area (Å²) in [4.78, 5) is 0.